The van der Waals surface area contributed by atoms with E-state index in [2.05, 4.69) is 5.32 Å². The van der Waals surface area contributed by atoms with Crippen LogP contribution < -0.4 is 5.32 Å². The molecule has 1 rings (SSSR count). The minimum absolute atomic E-state index is 0.0903. The van der Waals surface area contributed by atoms with E-state index in [4.69, 9.17) is 10.00 Å². The van der Waals surface area contributed by atoms with Crippen LogP contribution in [-0.2, 0) is 19.7 Å². The van der Waals surface area contributed by atoms with Gasteiger partial charge >= 0.3 is 0 Å². The number of rotatable bonds is 7. The van der Waals surface area contributed by atoms with Crippen LogP contribution in [0.4, 0.5) is 0 Å². The Labute approximate surface area is 125 Å². The van der Waals surface area contributed by atoms with E-state index in [9.17, 15) is 13.2 Å². The maximum Gasteiger partial charge on any atom is 0.282 e. The number of hydrogen-bond donors (Lipinski definition) is 1. The summed E-state index contributed by atoms with van der Waals surface area (Å²) in [5.74, 6) is -0.303. The Bertz CT molecular complexity index is 488. The molecule has 21 heavy (non-hydrogen) atoms. The minimum atomic E-state index is -3.80. The molecule has 0 radical (unpaired) electrons. The van der Waals surface area contributed by atoms with Crippen LogP contribution in [0.1, 0.15) is 19.8 Å². The van der Waals surface area contributed by atoms with Gasteiger partial charge in [-0.05, 0) is 13.3 Å². The van der Waals surface area contributed by atoms with Gasteiger partial charge in [-0.3, -0.25) is 4.79 Å². The lowest BCUT2D eigenvalue weighted by Gasteiger charge is -2.31. The van der Waals surface area contributed by atoms with Crippen LogP contribution in [0.3, 0.4) is 0 Å². The summed E-state index contributed by atoms with van der Waals surface area (Å²) in [5.41, 5.74) is 0. The molecule has 120 valence electrons. The van der Waals surface area contributed by atoms with E-state index in [1.165, 1.54) is 15.7 Å². The number of ether oxygens (including phenoxy) is 1. The van der Waals surface area contributed by atoms with Crippen LogP contribution >= 0.6 is 0 Å². The first kappa shape index (κ1) is 17.8. The Balaban J connectivity index is 2.96. The van der Waals surface area contributed by atoms with Crippen molar-refractivity contribution in [3.63, 3.8) is 0 Å². The van der Waals surface area contributed by atoms with Crippen molar-refractivity contribution in [1.29, 1.82) is 5.26 Å². The molecule has 0 aromatic carbocycles. The fourth-order valence-corrected chi connectivity index (χ4v) is 3.87. The second-order valence-corrected chi connectivity index (χ2v) is 6.62. The highest BCUT2D eigenvalue weighted by atomic mass is 32.2. The Hall–Kier alpha value is -1.21. The molecule has 8 nitrogen and oxygen atoms in total. The van der Waals surface area contributed by atoms with E-state index in [-0.39, 0.29) is 38.6 Å². The molecule has 0 aromatic heterocycles. The van der Waals surface area contributed by atoms with Crippen LogP contribution in [-0.4, -0.2) is 68.9 Å². The molecule has 1 aliphatic heterocycles. The Morgan fingerprint density at radius 2 is 2.24 bits per heavy atom. The van der Waals surface area contributed by atoms with E-state index in [0.717, 1.165) is 0 Å². The predicted octanol–water partition coefficient (Wildman–Crippen LogP) is -0.696. The van der Waals surface area contributed by atoms with Gasteiger partial charge in [0.2, 0.25) is 5.91 Å². The molecule has 0 aromatic rings. The van der Waals surface area contributed by atoms with Crippen molar-refractivity contribution >= 4 is 16.1 Å². The molecule has 1 fully saturated rings. The van der Waals surface area contributed by atoms with Gasteiger partial charge in [0.1, 0.15) is 6.04 Å². The lowest BCUT2D eigenvalue weighted by Crippen LogP contribution is -2.52. The summed E-state index contributed by atoms with van der Waals surface area (Å²) >= 11 is 0. The van der Waals surface area contributed by atoms with Crippen molar-refractivity contribution in [2.45, 2.75) is 25.8 Å². The third kappa shape index (κ3) is 4.64. The average Bonchev–Trinajstić information content (AvgIpc) is 2.61. The largest absolute Gasteiger partial charge is 0.383 e. The van der Waals surface area contributed by atoms with E-state index >= 15 is 0 Å². The van der Waals surface area contributed by atoms with Crippen molar-refractivity contribution in [1.82, 2.24) is 13.9 Å². The molecule has 1 atom stereocenters. The average molecular weight is 318 g/mol. The molecule has 0 saturated carbocycles. The van der Waals surface area contributed by atoms with Crippen molar-refractivity contribution in [3.8, 4) is 6.07 Å². The van der Waals surface area contributed by atoms with Gasteiger partial charge < -0.3 is 10.1 Å². The molecule has 0 aliphatic carbocycles. The first-order valence-corrected chi connectivity index (χ1v) is 8.25. The van der Waals surface area contributed by atoms with Gasteiger partial charge in [0.25, 0.3) is 10.2 Å². The van der Waals surface area contributed by atoms with Gasteiger partial charge in [0.15, 0.2) is 0 Å². The third-order valence-corrected chi connectivity index (χ3v) is 5.42. The van der Waals surface area contributed by atoms with Crippen LogP contribution in [0, 0.1) is 11.3 Å². The zero-order valence-corrected chi connectivity index (χ0v) is 13.2. The highest BCUT2D eigenvalue weighted by molar-refractivity contribution is 7.86. The number of nitriles is 1. The monoisotopic (exact) mass is 318 g/mol. The molecular formula is C12H22N4O4S. The normalized spacial score (nSPS) is 20.9. The van der Waals surface area contributed by atoms with Gasteiger partial charge in [0.05, 0.1) is 12.7 Å². The maximum absolute atomic E-state index is 12.7. The zero-order valence-electron chi connectivity index (χ0n) is 12.4. The van der Waals surface area contributed by atoms with E-state index in [0.29, 0.717) is 13.0 Å². The second-order valence-electron chi connectivity index (χ2n) is 4.74. The van der Waals surface area contributed by atoms with Crippen molar-refractivity contribution < 1.29 is 17.9 Å². The standard InChI is InChI=1S/C12H22N4O4S/c1-11-12(17)14-6-4-8-16(11)21(18,19)15(7-3-5-13)9-10-20-2/h11H,3-4,6-10H2,1-2H3,(H,14,17)/t11-/m0/s1. The van der Waals surface area contributed by atoms with Gasteiger partial charge in [0, 0.05) is 39.7 Å². The zero-order chi connectivity index (χ0) is 15.9. The summed E-state index contributed by atoms with van der Waals surface area (Å²) in [6.45, 7) is 2.79. The number of nitrogens with zero attached hydrogens (tertiary/aromatic N) is 3. The van der Waals surface area contributed by atoms with Gasteiger partial charge in [-0.2, -0.15) is 22.3 Å². The molecule has 9 heteroatoms. The molecule has 1 saturated heterocycles. The summed E-state index contributed by atoms with van der Waals surface area (Å²) in [7, 11) is -2.32. The van der Waals surface area contributed by atoms with Crippen LogP contribution in [0.15, 0.2) is 0 Å². The topological polar surface area (TPSA) is 103 Å². The first-order valence-electron chi connectivity index (χ1n) is 6.85. The number of hydrogen-bond acceptors (Lipinski definition) is 5. The van der Waals surface area contributed by atoms with Gasteiger partial charge in [-0.25, -0.2) is 0 Å². The highest BCUT2D eigenvalue weighted by Gasteiger charge is 2.36. The number of nitrogens with one attached hydrogen (secondary N) is 1. The number of carbonyl (C=O) groups excluding carboxylic acids is 1. The molecule has 0 bridgehead atoms. The van der Waals surface area contributed by atoms with E-state index < -0.39 is 16.3 Å². The molecule has 1 heterocycles. The number of carbonyl (C=O) groups is 1. The fourth-order valence-electron chi connectivity index (χ4n) is 2.09. The molecular weight excluding hydrogens is 296 g/mol. The summed E-state index contributed by atoms with van der Waals surface area (Å²) in [5, 5.41) is 11.4. The summed E-state index contributed by atoms with van der Waals surface area (Å²) in [6.07, 6.45) is 0.656. The molecule has 1 N–H and O–H groups in total. The van der Waals surface area contributed by atoms with E-state index in [1.807, 2.05) is 6.07 Å². The van der Waals surface area contributed by atoms with Crippen LogP contribution in [0.2, 0.25) is 0 Å². The Kier molecular flexibility index (Phi) is 7.04. The molecule has 0 unspecified atom stereocenters. The summed E-state index contributed by atoms with van der Waals surface area (Å²) < 4.78 is 32.7. The fraction of sp³-hybridized carbons (Fsp3) is 0.833. The SMILES string of the molecule is COCCN(CCC#N)S(=O)(=O)N1CCCNC(=O)[C@@H]1C. The van der Waals surface area contributed by atoms with E-state index in [1.54, 1.807) is 6.92 Å². The highest BCUT2D eigenvalue weighted by Crippen LogP contribution is 2.16. The van der Waals surface area contributed by atoms with Gasteiger partial charge in [-0.1, -0.05) is 0 Å². The number of amides is 1. The lowest BCUT2D eigenvalue weighted by molar-refractivity contribution is -0.123. The Morgan fingerprint density at radius 3 is 2.86 bits per heavy atom. The third-order valence-electron chi connectivity index (χ3n) is 3.31. The summed E-state index contributed by atoms with van der Waals surface area (Å²) in [4.78, 5) is 11.8. The first-order chi connectivity index (χ1) is 9.95. The van der Waals surface area contributed by atoms with Crippen LogP contribution in [0.25, 0.3) is 0 Å². The summed E-state index contributed by atoms with van der Waals surface area (Å²) in [6, 6.07) is 1.18. The van der Waals surface area contributed by atoms with Crippen molar-refractivity contribution in [3.05, 3.63) is 0 Å². The predicted molar refractivity (Wildman–Crippen MR) is 76.4 cm³/mol. The van der Waals surface area contributed by atoms with Crippen molar-refractivity contribution in [2.24, 2.45) is 0 Å². The Morgan fingerprint density at radius 1 is 1.52 bits per heavy atom. The molecule has 1 amide bonds. The quantitative estimate of drug-likeness (QED) is 0.669. The smallest absolute Gasteiger partial charge is 0.282 e. The number of methoxy groups -OCH3 is 1. The maximum atomic E-state index is 12.7. The molecule has 0 spiro atoms. The molecule has 1 aliphatic rings. The van der Waals surface area contributed by atoms with Crippen LogP contribution in [0.5, 0.6) is 0 Å². The van der Waals surface area contributed by atoms with Gasteiger partial charge in [-0.15, -0.1) is 0 Å². The minimum Gasteiger partial charge on any atom is -0.383 e. The second kappa shape index (κ2) is 8.29. The lowest BCUT2D eigenvalue weighted by atomic mass is 10.3. The van der Waals surface area contributed by atoms with Crippen molar-refractivity contribution in [2.75, 3.05) is 39.9 Å².